The minimum absolute atomic E-state index is 0.0645. The molecule has 1 heterocycles. The van der Waals surface area contributed by atoms with Crippen molar-refractivity contribution in [3.63, 3.8) is 0 Å². The Morgan fingerprint density at radius 1 is 1.10 bits per heavy atom. The van der Waals surface area contributed by atoms with Crippen LogP contribution in [0.5, 0.6) is 5.75 Å². The number of ether oxygens (including phenoxy) is 1. The molecule has 152 valence electrons. The summed E-state index contributed by atoms with van der Waals surface area (Å²) in [5.74, 6) is 1.19. The molecule has 3 aromatic carbocycles. The quantitative estimate of drug-likeness (QED) is 0.403. The molecule has 5 nitrogen and oxygen atoms in total. The molecule has 4 aromatic rings. The number of aryl methyl sites for hydroxylation is 1. The lowest BCUT2D eigenvalue weighted by molar-refractivity contribution is 0.102. The number of halogens is 1. The lowest BCUT2D eigenvalue weighted by atomic mass is 10.1. The number of rotatable bonds is 5. The van der Waals surface area contributed by atoms with E-state index in [-0.39, 0.29) is 12.0 Å². The van der Waals surface area contributed by atoms with Gasteiger partial charge in [0.25, 0.3) is 5.91 Å². The van der Waals surface area contributed by atoms with Gasteiger partial charge in [-0.3, -0.25) is 4.79 Å². The minimum atomic E-state index is -0.205. The third kappa shape index (κ3) is 4.16. The van der Waals surface area contributed by atoms with Gasteiger partial charge in [-0.05, 0) is 62.7 Å². The van der Waals surface area contributed by atoms with Gasteiger partial charge in [-0.2, -0.15) is 0 Å². The number of nitrogens with zero attached hydrogens (tertiary/aromatic N) is 1. The number of H-pyrrole nitrogens is 1. The van der Waals surface area contributed by atoms with Crippen molar-refractivity contribution in [2.75, 3.05) is 5.32 Å². The Balaban J connectivity index is 1.60. The first kappa shape index (κ1) is 20.0. The maximum absolute atomic E-state index is 12.8. The topological polar surface area (TPSA) is 67.0 Å². The number of carbonyl (C=O) groups is 1. The summed E-state index contributed by atoms with van der Waals surface area (Å²) in [6.07, 6.45) is 0.0645. The molecule has 0 bridgehead atoms. The van der Waals surface area contributed by atoms with Crippen molar-refractivity contribution in [2.24, 2.45) is 0 Å². The van der Waals surface area contributed by atoms with Crippen molar-refractivity contribution >= 4 is 34.2 Å². The van der Waals surface area contributed by atoms with Crippen LogP contribution in [-0.4, -0.2) is 22.0 Å². The Kier molecular flexibility index (Phi) is 5.46. The van der Waals surface area contributed by atoms with E-state index in [1.807, 2.05) is 69.3 Å². The van der Waals surface area contributed by atoms with E-state index >= 15 is 0 Å². The fourth-order valence-electron chi connectivity index (χ4n) is 3.32. The van der Waals surface area contributed by atoms with Crippen molar-refractivity contribution in [3.8, 4) is 17.1 Å². The normalized spacial score (nSPS) is 11.1. The van der Waals surface area contributed by atoms with Gasteiger partial charge in [-0.1, -0.05) is 29.8 Å². The van der Waals surface area contributed by atoms with E-state index < -0.39 is 0 Å². The highest BCUT2D eigenvalue weighted by Crippen LogP contribution is 2.30. The van der Waals surface area contributed by atoms with Crippen LogP contribution in [0.4, 0.5) is 5.69 Å². The van der Waals surface area contributed by atoms with Crippen LogP contribution in [-0.2, 0) is 0 Å². The number of imidazole rings is 1. The van der Waals surface area contributed by atoms with Gasteiger partial charge < -0.3 is 15.0 Å². The number of amides is 1. The van der Waals surface area contributed by atoms with E-state index in [1.54, 1.807) is 12.1 Å². The highest BCUT2D eigenvalue weighted by Gasteiger charge is 2.14. The Bertz CT molecular complexity index is 1210. The molecule has 2 N–H and O–H groups in total. The second-order valence-corrected chi connectivity index (χ2v) is 7.80. The first-order valence-corrected chi connectivity index (χ1v) is 10.1. The van der Waals surface area contributed by atoms with Gasteiger partial charge in [0.1, 0.15) is 11.6 Å². The Morgan fingerprint density at radius 2 is 1.90 bits per heavy atom. The fourth-order valence-corrected chi connectivity index (χ4v) is 3.63. The molecule has 1 amide bonds. The third-order valence-electron chi connectivity index (χ3n) is 4.67. The average Bonchev–Trinajstić information content (AvgIpc) is 3.10. The van der Waals surface area contributed by atoms with E-state index in [4.69, 9.17) is 16.3 Å². The van der Waals surface area contributed by atoms with Gasteiger partial charge in [0.05, 0.1) is 22.2 Å². The zero-order valence-corrected chi connectivity index (χ0v) is 17.7. The lowest BCUT2D eigenvalue weighted by Gasteiger charge is -2.11. The van der Waals surface area contributed by atoms with Gasteiger partial charge >= 0.3 is 0 Å². The molecule has 0 aliphatic heterocycles. The maximum Gasteiger partial charge on any atom is 0.255 e. The molecule has 4 rings (SSSR count). The van der Waals surface area contributed by atoms with Gasteiger partial charge in [0.2, 0.25) is 0 Å². The molecule has 0 unspecified atom stereocenters. The van der Waals surface area contributed by atoms with Crippen LogP contribution in [0.3, 0.4) is 0 Å². The van der Waals surface area contributed by atoms with E-state index in [2.05, 4.69) is 15.3 Å². The van der Waals surface area contributed by atoms with E-state index in [1.165, 1.54) is 0 Å². The Morgan fingerprint density at radius 3 is 2.67 bits per heavy atom. The molecule has 0 radical (unpaired) electrons. The molecule has 0 fully saturated rings. The summed E-state index contributed by atoms with van der Waals surface area (Å²) in [7, 11) is 0. The highest BCUT2D eigenvalue weighted by atomic mass is 35.5. The first-order valence-electron chi connectivity index (χ1n) is 9.74. The number of anilines is 1. The van der Waals surface area contributed by atoms with Gasteiger partial charge in [0, 0.05) is 22.9 Å². The summed E-state index contributed by atoms with van der Waals surface area (Å²) in [4.78, 5) is 20.7. The lowest BCUT2D eigenvalue weighted by Crippen LogP contribution is -2.12. The standard InChI is InChI=1S/C24H22ClN3O2/c1-14(2)30-18-8-5-7-17(13-18)26-24(29)16-10-11-20-21(12-16)28-23(27-20)22-15(3)6-4-9-19(22)25/h4-14H,1-3H3,(H,26,29)(H,27,28). The van der Waals surface area contributed by atoms with Crippen molar-refractivity contribution in [1.29, 1.82) is 0 Å². The van der Waals surface area contributed by atoms with Crippen molar-refractivity contribution in [1.82, 2.24) is 9.97 Å². The molecule has 30 heavy (non-hydrogen) atoms. The number of aromatic nitrogens is 2. The third-order valence-corrected chi connectivity index (χ3v) is 4.98. The summed E-state index contributed by atoms with van der Waals surface area (Å²) in [6, 6.07) is 18.5. The van der Waals surface area contributed by atoms with Crippen LogP contribution in [0.1, 0.15) is 29.8 Å². The second kappa shape index (κ2) is 8.20. The molecule has 0 saturated heterocycles. The van der Waals surface area contributed by atoms with Crippen LogP contribution in [0.15, 0.2) is 60.7 Å². The maximum atomic E-state index is 12.8. The summed E-state index contributed by atoms with van der Waals surface area (Å²) in [5, 5.41) is 3.55. The van der Waals surface area contributed by atoms with Crippen LogP contribution in [0.25, 0.3) is 22.4 Å². The van der Waals surface area contributed by atoms with Crippen molar-refractivity contribution in [3.05, 3.63) is 76.8 Å². The van der Waals surface area contributed by atoms with Gasteiger partial charge in [0.15, 0.2) is 0 Å². The first-order chi connectivity index (χ1) is 14.4. The molecule has 0 saturated carbocycles. The van der Waals surface area contributed by atoms with Crippen molar-refractivity contribution in [2.45, 2.75) is 26.9 Å². The molecule has 1 aromatic heterocycles. The number of benzene rings is 3. The Hall–Kier alpha value is -3.31. The van der Waals surface area contributed by atoms with Crippen LogP contribution in [0.2, 0.25) is 5.02 Å². The SMILES string of the molecule is Cc1cccc(Cl)c1-c1nc2ccc(C(=O)Nc3cccc(OC(C)C)c3)cc2[nH]1. The molecule has 6 heteroatoms. The minimum Gasteiger partial charge on any atom is -0.491 e. The number of carbonyl (C=O) groups excluding carboxylic acids is 1. The smallest absolute Gasteiger partial charge is 0.255 e. The van der Waals surface area contributed by atoms with Gasteiger partial charge in [-0.25, -0.2) is 4.98 Å². The summed E-state index contributed by atoms with van der Waals surface area (Å²) in [6.45, 7) is 5.91. The van der Waals surface area contributed by atoms with Crippen LogP contribution in [0, 0.1) is 6.92 Å². The summed E-state index contributed by atoms with van der Waals surface area (Å²) < 4.78 is 5.69. The fraction of sp³-hybridized carbons (Fsp3) is 0.167. The van der Waals surface area contributed by atoms with Crippen LogP contribution < -0.4 is 10.1 Å². The molecular weight excluding hydrogens is 398 g/mol. The van der Waals surface area contributed by atoms with E-state index in [0.717, 1.165) is 22.2 Å². The Labute approximate surface area is 180 Å². The molecule has 0 spiro atoms. The molecule has 0 aliphatic carbocycles. The largest absolute Gasteiger partial charge is 0.491 e. The number of aromatic amines is 1. The number of hydrogen-bond donors (Lipinski definition) is 2. The number of nitrogens with one attached hydrogen (secondary N) is 2. The molecule has 0 atom stereocenters. The monoisotopic (exact) mass is 419 g/mol. The predicted molar refractivity (Wildman–Crippen MR) is 121 cm³/mol. The molecular formula is C24H22ClN3O2. The van der Waals surface area contributed by atoms with E-state index in [9.17, 15) is 4.79 Å². The highest BCUT2D eigenvalue weighted by molar-refractivity contribution is 6.33. The number of hydrogen-bond acceptors (Lipinski definition) is 3. The van der Waals surface area contributed by atoms with Crippen LogP contribution >= 0.6 is 11.6 Å². The summed E-state index contributed by atoms with van der Waals surface area (Å²) in [5.41, 5.74) is 4.65. The van der Waals surface area contributed by atoms with Gasteiger partial charge in [-0.15, -0.1) is 0 Å². The summed E-state index contributed by atoms with van der Waals surface area (Å²) >= 11 is 6.37. The average molecular weight is 420 g/mol. The molecule has 0 aliphatic rings. The zero-order chi connectivity index (χ0) is 21.3. The van der Waals surface area contributed by atoms with E-state index in [0.29, 0.717) is 27.8 Å². The number of fused-ring (bicyclic) bond motifs is 1. The zero-order valence-electron chi connectivity index (χ0n) is 17.0. The predicted octanol–water partition coefficient (Wildman–Crippen LogP) is 6.23. The second-order valence-electron chi connectivity index (χ2n) is 7.40. The van der Waals surface area contributed by atoms with Crippen molar-refractivity contribution < 1.29 is 9.53 Å².